The zero-order valence-corrected chi connectivity index (χ0v) is 12.1. The highest BCUT2D eigenvalue weighted by atomic mass is 127. The Labute approximate surface area is 119 Å². The van der Waals surface area contributed by atoms with Crippen molar-refractivity contribution in [3.63, 3.8) is 0 Å². The molecule has 0 bridgehead atoms. The molecule has 1 heterocycles. The molecule has 0 aromatic heterocycles. The van der Waals surface area contributed by atoms with Crippen LogP contribution in [0.3, 0.4) is 0 Å². The molecule has 1 aromatic carbocycles. The Balaban J connectivity index is 2.25. The van der Waals surface area contributed by atoms with Crippen molar-refractivity contribution in [2.24, 2.45) is 0 Å². The van der Waals surface area contributed by atoms with E-state index in [9.17, 15) is 9.59 Å². The zero-order chi connectivity index (χ0) is 13.3. The lowest BCUT2D eigenvalue weighted by Crippen LogP contribution is -2.40. The minimum absolute atomic E-state index is 0.0793. The smallest absolute Gasteiger partial charge is 0.331 e. The normalized spacial score (nSPS) is 17.4. The van der Waals surface area contributed by atoms with Gasteiger partial charge in [0.05, 0.1) is 0 Å². The highest BCUT2D eigenvalue weighted by Gasteiger charge is 2.39. The van der Waals surface area contributed by atoms with Crippen molar-refractivity contribution < 1.29 is 9.59 Å². The van der Waals surface area contributed by atoms with E-state index in [1.54, 1.807) is 24.3 Å². The summed E-state index contributed by atoms with van der Waals surface area (Å²) in [6.07, 6.45) is 0. The van der Waals surface area contributed by atoms with E-state index in [0.29, 0.717) is 11.4 Å². The van der Waals surface area contributed by atoms with E-state index in [2.05, 4.69) is 22.6 Å². The third kappa shape index (κ3) is 2.29. The minimum atomic E-state index is -0.256. The molecular weight excluding hydrogens is 345 g/mol. The number of nitrogens with two attached hydrogens (primary N) is 1. The number of urea groups is 1. The molecule has 1 atom stereocenters. The maximum absolute atomic E-state index is 12.2. The second kappa shape index (κ2) is 5.13. The van der Waals surface area contributed by atoms with Crippen LogP contribution in [0.25, 0.3) is 0 Å². The van der Waals surface area contributed by atoms with Crippen molar-refractivity contribution in [2.75, 3.05) is 21.6 Å². The number of carbonyl (C=O) groups is 2. The Kier molecular flexibility index (Phi) is 3.74. The van der Waals surface area contributed by atoms with Gasteiger partial charge in [-0.3, -0.25) is 14.6 Å². The van der Waals surface area contributed by atoms with Crippen LogP contribution >= 0.6 is 22.6 Å². The predicted molar refractivity (Wildman–Crippen MR) is 78.8 cm³/mol. The maximum atomic E-state index is 12.2. The number of nitrogen functional groups attached to an aromatic ring is 1. The topological polar surface area (TPSA) is 66.6 Å². The first-order valence-electron chi connectivity index (χ1n) is 5.59. The van der Waals surface area contributed by atoms with Gasteiger partial charge < -0.3 is 5.73 Å². The summed E-state index contributed by atoms with van der Waals surface area (Å²) in [7, 11) is 0. The van der Waals surface area contributed by atoms with E-state index in [1.807, 2.05) is 6.92 Å². The number of halogens is 1. The number of rotatable bonds is 3. The Morgan fingerprint density at radius 2 is 1.94 bits per heavy atom. The second-order valence-corrected chi connectivity index (χ2v) is 5.11. The van der Waals surface area contributed by atoms with E-state index < -0.39 is 0 Å². The fraction of sp³-hybridized carbons (Fsp3) is 0.333. The molecule has 1 aliphatic rings. The standard InChI is InChI=1S/C12H14IN3O2/c1-8(6-13)16-11(17)7-15(12(16)18)10-4-2-9(14)3-5-10/h2-5,8H,6-7,14H2,1H3. The van der Waals surface area contributed by atoms with Gasteiger partial charge >= 0.3 is 6.03 Å². The third-order valence-corrected chi connectivity index (χ3v) is 4.14. The average molecular weight is 359 g/mol. The fourth-order valence-electron chi connectivity index (χ4n) is 1.88. The SMILES string of the molecule is CC(CI)N1C(=O)CN(c2ccc(N)cc2)C1=O. The molecule has 1 aliphatic heterocycles. The summed E-state index contributed by atoms with van der Waals surface area (Å²) in [6.45, 7) is 1.97. The first-order valence-corrected chi connectivity index (χ1v) is 7.12. The maximum Gasteiger partial charge on any atom is 0.331 e. The Hall–Kier alpha value is -1.31. The Morgan fingerprint density at radius 1 is 1.33 bits per heavy atom. The van der Waals surface area contributed by atoms with Crippen molar-refractivity contribution >= 4 is 45.9 Å². The van der Waals surface area contributed by atoms with E-state index in [-0.39, 0.29) is 24.5 Å². The van der Waals surface area contributed by atoms with E-state index in [1.165, 1.54) is 9.80 Å². The van der Waals surface area contributed by atoms with Gasteiger partial charge in [-0.15, -0.1) is 0 Å². The van der Waals surface area contributed by atoms with Crippen LogP contribution < -0.4 is 10.6 Å². The molecule has 0 radical (unpaired) electrons. The molecule has 1 aromatic rings. The number of hydrogen-bond donors (Lipinski definition) is 1. The number of benzene rings is 1. The van der Waals surface area contributed by atoms with Gasteiger partial charge in [0.25, 0.3) is 5.91 Å². The van der Waals surface area contributed by atoms with E-state index >= 15 is 0 Å². The zero-order valence-electron chi connectivity index (χ0n) is 9.97. The van der Waals surface area contributed by atoms with Gasteiger partial charge in [-0.2, -0.15) is 0 Å². The number of alkyl halides is 1. The molecular formula is C12H14IN3O2. The molecule has 0 saturated carbocycles. The molecule has 18 heavy (non-hydrogen) atoms. The molecule has 1 unspecified atom stereocenters. The van der Waals surface area contributed by atoms with Crippen LogP contribution in [0.15, 0.2) is 24.3 Å². The Bertz CT molecular complexity index is 475. The van der Waals surface area contributed by atoms with Crippen LogP contribution in [0.5, 0.6) is 0 Å². The second-order valence-electron chi connectivity index (χ2n) is 4.23. The van der Waals surface area contributed by atoms with Crippen LogP contribution in [0.1, 0.15) is 6.92 Å². The largest absolute Gasteiger partial charge is 0.399 e. The van der Waals surface area contributed by atoms with Crippen LogP contribution in [-0.4, -0.2) is 33.9 Å². The van der Waals surface area contributed by atoms with Gasteiger partial charge in [-0.1, -0.05) is 22.6 Å². The quantitative estimate of drug-likeness (QED) is 0.388. The lowest BCUT2D eigenvalue weighted by molar-refractivity contribution is -0.125. The number of anilines is 2. The summed E-state index contributed by atoms with van der Waals surface area (Å²) in [4.78, 5) is 26.9. The summed E-state index contributed by atoms with van der Waals surface area (Å²) < 4.78 is 0.727. The summed E-state index contributed by atoms with van der Waals surface area (Å²) in [5.41, 5.74) is 6.94. The highest BCUT2D eigenvalue weighted by Crippen LogP contribution is 2.23. The predicted octanol–water partition coefficient (Wildman–Crippen LogP) is 1.86. The Morgan fingerprint density at radius 3 is 2.50 bits per heavy atom. The molecule has 2 rings (SSSR count). The fourth-order valence-corrected chi connectivity index (χ4v) is 2.27. The average Bonchev–Trinajstić information content (AvgIpc) is 2.65. The van der Waals surface area contributed by atoms with Gasteiger partial charge in [0.2, 0.25) is 0 Å². The first kappa shape index (κ1) is 13.1. The molecule has 0 aliphatic carbocycles. The van der Waals surface area contributed by atoms with Crippen molar-refractivity contribution in [1.29, 1.82) is 0 Å². The van der Waals surface area contributed by atoms with E-state index in [4.69, 9.17) is 5.73 Å². The van der Waals surface area contributed by atoms with Gasteiger partial charge in [-0.05, 0) is 31.2 Å². The van der Waals surface area contributed by atoms with Crippen molar-refractivity contribution in [3.8, 4) is 0 Å². The number of hydrogen-bond acceptors (Lipinski definition) is 3. The van der Waals surface area contributed by atoms with Gasteiger partial charge in [-0.25, -0.2) is 4.79 Å². The molecule has 6 heteroatoms. The van der Waals surface area contributed by atoms with Crippen molar-refractivity contribution in [3.05, 3.63) is 24.3 Å². The lowest BCUT2D eigenvalue weighted by atomic mass is 10.2. The number of nitrogens with zero attached hydrogens (tertiary/aromatic N) is 2. The number of imide groups is 1. The van der Waals surface area contributed by atoms with Crippen molar-refractivity contribution in [1.82, 2.24) is 4.90 Å². The summed E-state index contributed by atoms with van der Waals surface area (Å²) >= 11 is 2.17. The van der Waals surface area contributed by atoms with Crippen LogP contribution in [0, 0.1) is 0 Å². The lowest BCUT2D eigenvalue weighted by Gasteiger charge is -2.21. The molecule has 2 N–H and O–H groups in total. The van der Waals surface area contributed by atoms with Gasteiger partial charge in [0.1, 0.15) is 6.54 Å². The first-order chi connectivity index (χ1) is 8.54. The van der Waals surface area contributed by atoms with Gasteiger partial charge in [0.15, 0.2) is 0 Å². The molecule has 0 spiro atoms. The number of carbonyl (C=O) groups excluding carboxylic acids is 2. The number of amides is 3. The van der Waals surface area contributed by atoms with Crippen LogP contribution in [0.4, 0.5) is 16.2 Å². The highest BCUT2D eigenvalue weighted by molar-refractivity contribution is 14.1. The van der Waals surface area contributed by atoms with Gasteiger partial charge in [0, 0.05) is 21.8 Å². The van der Waals surface area contributed by atoms with E-state index in [0.717, 1.165) is 4.43 Å². The molecule has 1 fully saturated rings. The molecule has 5 nitrogen and oxygen atoms in total. The molecule has 3 amide bonds. The minimum Gasteiger partial charge on any atom is -0.399 e. The van der Waals surface area contributed by atoms with Crippen LogP contribution in [0.2, 0.25) is 0 Å². The summed E-state index contributed by atoms with van der Waals surface area (Å²) in [5.74, 6) is -0.152. The molecule has 96 valence electrons. The molecule has 1 saturated heterocycles. The summed E-state index contributed by atoms with van der Waals surface area (Å²) in [5, 5.41) is 0. The van der Waals surface area contributed by atoms with Crippen LogP contribution in [-0.2, 0) is 4.79 Å². The van der Waals surface area contributed by atoms with Crippen molar-refractivity contribution in [2.45, 2.75) is 13.0 Å². The summed E-state index contributed by atoms with van der Waals surface area (Å²) in [6, 6.07) is 6.60. The monoisotopic (exact) mass is 359 g/mol. The third-order valence-electron chi connectivity index (χ3n) is 2.87.